The second-order valence-corrected chi connectivity index (χ2v) is 5.60. The topological polar surface area (TPSA) is 73.6 Å². The number of benzene rings is 2. The van der Waals surface area contributed by atoms with Gasteiger partial charge in [0, 0.05) is 9.99 Å². The van der Waals surface area contributed by atoms with Crippen molar-refractivity contribution in [3.63, 3.8) is 0 Å². The van der Waals surface area contributed by atoms with Crippen molar-refractivity contribution in [2.75, 3.05) is 0 Å². The number of nitrogens with two attached hydrogens (primary N) is 1. The van der Waals surface area contributed by atoms with Crippen LogP contribution in [0.3, 0.4) is 0 Å². The van der Waals surface area contributed by atoms with Gasteiger partial charge >= 0.3 is 0 Å². The maximum Gasteiger partial charge on any atom is 0.257 e. The van der Waals surface area contributed by atoms with Gasteiger partial charge in [-0.2, -0.15) is 10.8 Å². The summed E-state index contributed by atoms with van der Waals surface area (Å²) in [6.07, 6.45) is -0.509. The van der Waals surface area contributed by atoms with Crippen LogP contribution in [0.15, 0.2) is 48.5 Å². The van der Waals surface area contributed by atoms with E-state index in [1.54, 1.807) is 6.07 Å². The molecule has 0 heterocycles. The van der Waals surface area contributed by atoms with E-state index in [0.717, 1.165) is 5.56 Å². The average molecular weight is 416 g/mol. The van der Waals surface area contributed by atoms with Gasteiger partial charge < -0.3 is 5.32 Å². The Balaban J connectivity index is 2.12. The smallest absolute Gasteiger partial charge is 0.257 e. The number of hydrogen-bond donors (Lipinski definition) is 2. The third-order valence-electron chi connectivity index (χ3n) is 2.92. The van der Waals surface area contributed by atoms with Crippen molar-refractivity contribution in [3.8, 4) is 0 Å². The molecule has 0 aliphatic rings. The molecule has 2 rings (SSSR count). The van der Waals surface area contributed by atoms with Crippen LogP contribution in [-0.4, -0.2) is 12.1 Å². The number of amides is 1. The summed E-state index contributed by atoms with van der Waals surface area (Å²) in [6, 6.07) is 13.7. The Kier molecular flexibility index (Phi) is 6.25. The molecule has 0 unspecified atom stereocenters. The minimum absolute atomic E-state index is 0.0400. The van der Waals surface area contributed by atoms with Crippen LogP contribution in [0.2, 0.25) is 0 Å². The molecule has 7 heteroatoms. The van der Waals surface area contributed by atoms with Gasteiger partial charge in [-0.3, -0.25) is 4.79 Å². The first-order valence-electron chi connectivity index (χ1n) is 6.43. The number of halogens is 2. The number of nitrogens with one attached hydrogen (secondary N) is 1. The first-order valence-corrected chi connectivity index (χ1v) is 7.50. The minimum Gasteiger partial charge on any atom is -0.324 e. The van der Waals surface area contributed by atoms with Crippen molar-refractivity contribution in [2.45, 2.75) is 12.6 Å². The molecule has 22 heavy (non-hydrogen) atoms. The Morgan fingerprint density at radius 2 is 1.95 bits per heavy atom. The molecule has 0 aliphatic carbocycles. The van der Waals surface area contributed by atoms with Gasteiger partial charge in [-0.15, -0.1) is 4.99 Å². The summed E-state index contributed by atoms with van der Waals surface area (Å²) in [7, 11) is 0. The van der Waals surface area contributed by atoms with Crippen LogP contribution in [0.5, 0.6) is 0 Å². The van der Waals surface area contributed by atoms with E-state index in [1.165, 1.54) is 12.1 Å². The number of carbonyl (C=O) groups is 1. The van der Waals surface area contributed by atoms with Gasteiger partial charge in [-0.05, 0) is 40.3 Å². The highest BCUT2D eigenvalue weighted by Gasteiger charge is 2.20. The summed E-state index contributed by atoms with van der Waals surface area (Å²) in [5, 5.41) is 2.55. The van der Waals surface area contributed by atoms with Gasteiger partial charge in [0.15, 0.2) is 6.23 Å². The van der Waals surface area contributed by atoms with Crippen LogP contribution < -0.4 is 11.2 Å². The standard InChI is InChI=1S/C15H14FIN2O3/c16-11-7-4-8-12(17)14(11)15(20)19-13(21-22-18)9-10-5-2-1-3-6-10/h1-8,13H,9,18H2,(H,19,20)/t13-/m0/s1. The molecule has 2 aromatic rings. The molecule has 2 aromatic carbocycles. The van der Waals surface area contributed by atoms with Crippen LogP contribution >= 0.6 is 22.6 Å². The fraction of sp³-hybridized carbons (Fsp3) is 0.133. The maximum absolute atomic E-state index is 13.8. The third-order valence-corrected chi connectivity index (χ3v) is 3.82. The number of carbonyl (C=O) groups excluding carboxylic acids is 1. The number of rotatable bonds is 6. The minimum atomic E-state index is -0.838. The quantitative estimate of drug-likeness (QED) is 0.329. The molecular weight excluding hydrogens is 402 g/mol. The zero-order chi connectivity index (χ0) is 15.9. The Morgan fingerprint density at radius 1 is 1.23 bits per heavy atom. The zero-order valence-electron chi connectivity index (χ0n) is 11.5. The first kappa shape index (κ1) is 16.8. The van der Waals surface area contributed by atoms with E-state index < -0.39 is 18.0 Å². The van der Waals surface area contributed by atoms with E-state index in [4.69, 9.17) is 10.8 Å². The van der Waals surface area contributed by atoms with Crippen molar-refractivity contribution >= 4 is 28.5 Å². The Morgan fingerprint density at radius 3 is 2.59 bits per heavy atom. The molecule has 0 bridgehead atoms. The molecule has 0 aliphatic heterocycles. The van der Waals surface area contributed by atoms with E-state index in [9.17, 15) is 9.18 Å². The van der Waals surface area contributed by atoms with Crippen molar-refractivity contribution in [1.29, 1.82) is 0 Å². The monoisotopic (exact) mass is 416 g/mol. The number of hydrogen-bond acceptors (Lipinski definition) is 4. The molecule has 0 spiro atoms. The van der Waals surface area contributed by atoms with Crippen molar-refractivity contribution in [3.05, 3.63) is 69.0 Å². The van der Waals surface area contributed by atoms with Gasteiger partial charge in [0.05, 0.1) is 5.56 Å². The van der Waals surface area contributed by atoms with E-state index >= 15 is 0 Å². The molecule has 1 amide bonds. The Labute approximate surface area is 140 Å². The summed E-state index contributed by atoms with van der Waals surface area (Å²) in [5.41, 5.74) is 0.870. The predicted molar refractivity (Wildman–Crippen MR) is 86.9 cm³/mol. The fourth-order valence-corrected chi connectivity index (χ4v) is 2.65. The zero-order valence-corrected chi connectivity index (χ0v) is 13.6. The van der Waals surface area contributed by atoms with E-state index in [0.29, 0.717) is 9.99 Å². The van der Waals surface area contributed by atoms with Gasteiger partial charge in [0.1, 0.15) is 5.82 Å². The lowest BCUT2D eigenvalue weighted by atomic mass is 10.1. The molecule has 3 N–H and O–H groups in total. The molecule has 0 saturated carbocycles. The van der Waals surface area contributed by atoms with E-state index in [-0.39, 0.29) is 5.56 Å². The molecule has 0 aromatic heterocycles. The lowest BCUT2D eigenvalue weighted by Crippen LogP contribution is -2.39. The molecule has 5 nitrogen and oxygen atoms in total. The highest BCUT2D eigenvalue weighted by atomic mass is 127. The van der Waals surface area contributed by atoms with E-state index in [2.05, 4.69) is 10.3 Å². The normalized spacial score (nSPS) is 12.0. The van der Waals surface area contributed by atoms with Crippen LogP contribution in [0.25, 0.3) is 0 Å². The van der Waals surface area contributed by atoms with Gasteiger partial charge in [-0.25, -0.2) is 4.39 Å². The summed E-state index contributed by atoms with van der Waals surface area (Å²) in [5.74, 6) is 3.71. The molecule has 1 atom stereocenters. The summed E-state index contributed by atoms with van der Waals surface area (Å²) in [6.45, 7) is 0. The van der Waals surface area contributed by atoms with Crippen LogP contribution in [-0.2, 0) is 16.3 Å². The van der Waals surface area contributed by atoms with Crippen molar-refractivity contribution in [2.24, 2.45) is 5.90 Å². The lowest BCUT2D eigenvalue weighted by molar-refractivity contribution is -0.332. The summed E-state index contributed by atoms with van der Waals surface area (Å²) in [4.78, 5) is 21.2. The Hall–Kier alpha value is -1.55. The predicted octanol–water partition coefficient (Wildman–Crippen LogP) is 2.55. The largest absolute Gasteiger partial charge is 0.324 e. The Bertz CT molecular complexity index is 620. The lowest BCUT2D eigenvalue weighted by Gasteiger charge is -2.17. The second kappa shape index (κ2) is 8.18. The first-order chi connectivity index (χ1) is 10.6. The summed E-state index contributed by atoms with van der Waals surface area (Å²) < 4.78 is 14.3. The van der Waals surface area contributed by atoms with Gasteiger partial charge in [-0.1, -0.05) is 36.4 Å². The second-order valence-electron chi connectivity index (χ2n) is 4.44. The molecule has 116 valence electrons. The van der Waals surface area contributed by atoms with Crippen molar-refractivity contribution < 1.29 is 19.1 Å². The highest BCUT2D eigenvalue weighted by Crippen LogP contribution is 2.16. The summed E-state index contributed by atoms with van der Waals surface area (Å²) >= 11 is 1.90. The molecule has 0 fully saturated rings. The highest BCUT2D eigenvalue weighted by molar-refractivity contribution is 14.1. The molecular formula is C15H14FIN2O3. The molecule has 0 radical (unpaired) electrons. The van der Waals surface area contributed by atoms with Gasteiger partial charge in [0.2, 0.25) is 0 Å². The van der Waals surface area contributed by atoms with Crippen LogP contribution in [0, 0.1) is 9.39 Å². The maximum atomic E-state index is 13.8. The van der Waals surface area contributed by atoms with Crippen LogP contribution in [0.4, 0.5) is 4.39 Å². The van der Waals surface area contributed by atoms with Gasteiger partial charge in [0.25, 0.3) is 5.91 Å². The fourth-order valence-electron chi connectivity index (χ4n) is 1.94. The van der Waals surface area contributed by atoms with Crippen molar-refractivity contribution in [1.82, 2.24) is 5.32 Å². The average Bonchev–Trinajstić information content (AvgIpc) is 2.48. The SMILES string of the molecule is NOO[C@@H](Cc1ccccc1)NC(=O)c1c(F)cccc1I. The van der Waals surface area contributed by atoms with E-state index in [1.807, 2.05) is 52.9 Å². The molecule has 0 saturated heterocycles. The van der Waals surface area contributed by atoms with Crippen LogP contribution in [0.1, 0.15) is 15.9 Å². The third kappa shape index (κ3) is 4.47.